The molecule has 0 aliphatic carbocycles. The van der Waals surface area contributed by atoms with Crippen molar-refractivity contribution in [2.75, 3.05) is 38.4 Å². The SMILES string of the molecule is CC[C@H](NC(=O)CN(c1cc(OC)c(Cl)cc1OC)S(C)(=O)=O)c1ccc(OC)c(C)c1. The fourth-order valence-electron chi connectivity index (χ4n) is 3.33. The Morgan fingerprint density at radius 1 is 1.06 bits per heavy atom. The maximum atomic E-state index is 12.9. The van der Waals surface area contributed by atoms with Crippen LogP contribution in [0.1, 0.15) is 30.5 Å². The summed E-state index contributed by atoms with van der Waals surface area (Å²) >= 11 is 6.13. The van der Waals surface area contributed by atoms with Crippen molar-refractivity contribution in [2.45, 2.75) is 26.3 Å². The highest BCUT2D eigenvalue weighted by Crippen LogP contribution is 2.39. The van der Waals surface area contributed by atoms with Gasteiger partial charge in [-0.2, -0.15) is 0 Å². The minimum absolute atomic E-state index is 0.153. The number of ether oxygens (including phenoxy) is 3. The molecule has 10 heteroatoms. The third kappa shape index (κ3) is 5.98. The molecular formula is C22H29ClN2O6S. The lowest BCUT2D eigenvalue weighted by Gasteiger charge is -2.26. The molecule has 1 N–H and O–H groups in total. The van der Waals surface area contributed by atoms with Gasteiger partial charge in [-0.05, 0) is 30.5 Å². The monoisotopic (exact) mass is 484 g/mol. The van der Waals surface area contributed by atoms with Crippen LogP contribution in [0.3, 0.4) is 0 Å². The van der Waals surface area contributed by atoms with Gasteiger partial charge >= 0.3 is 0 Å². The van der Waals surface area contributed by atoms with Crippen molar-refractivity contribution < 1.29 is 27.4 Å². The molecule has 0 bridgehead atoms. The highest BCUT2D eigenvalue weighted by Gasteiger charge is 2.26. The first-order chi connectivity index (χ1) is 15.0. The highest BCUT2D eigenvalue weighted by atomic mass is 35.5. The Balaban J connectivity index is 2.34. The van der Waals surface area contributed by atoms with Gasteiger partial charge in [0.15, 0.2) is 0 Å². The Bertz CT molecular complexity index is 1070. The van der Waals surface area contributed by atoms with E-state index in [0.29, 0.717) is 6.42 Å². The predicted octanol–water partition coefficient (Wildman–Crippen LogP) is 3.71. The maximum absolute atomic E-state index is 12.9. The van der Waals surface area contributed by atoms with E-state index in [0.717, 1.165) is 27.4 Å². The number of benzene rings is 2. The minimum Gasteiger partial charge on any atom is -0.496 e. The summed E-state index contributed by atoms with van der Waals surface area (Å²) in [6.45, 7) is 3.42. The van der Waals surface area contributed by atoms with Gasteiger partial charge in [0.2, 0.25) is 15.9 Å². The number of anilines is 1. The molecule has 1 amide bonds. The number of nitrogens with one attached hydrogen (secondary N) is 1. The lowest BCUT2D eigenvalue weighted by Crippen LogP contribution is -2.41. The second kappa shape index (κ2) is 10.8. The van der Waals surface area contributed by atoms with Gasteiger partial charge in [0.05, 0.1) is 44.3 Å². The van der Waals surface area contributed by atoms with Crippen LogP contribution in [0.2, 0.25) is 5.02 Å². The molecule has 2 rings (SSSR count). The molecular weight excluding hydrogens is 456 g/mol. The molecule has 0 fully saturated rings. The molecule has 0 saturated carbocycles. The molecule has 1 atom stereocenters. The van der Waals surface area contributed by atoms with Crippen LogP contribution in [0.4, 0.5) is 5.69 Å². The average molecular weight is 485 g/mol. The number of hydrogen-bond acceptors (Lipinski definition) is 6. The molecule has 0 aliphatic rings. The molecule has 8 nitrogen and oxygen atoms in total. The number of rotatable bonds is 10. The number of hydrogen-bond donors (Lipinski definition) is 1. The Labute approximate surface area is 194 Å². The van der Waals surface area contributed by atoms with Crippen LogP contribution in [-0.2, 0) is 14.8 Å². The third-order valence-electron chi connectivity index (χ3n) is 4.97. The Kier molecular flexibility index (Phi) is 8.63. The molecule has 0 aromatic heterocycles. The number of amides is 1. The largest absolute Gasteiger partial charge is 0.496 e. The summed E-state index contributed by atoms with van der Waals surface area (Å²) < 4.78 is 41.9. The van der Waals surface area contributed by atoms with Crippen molar-refractivity contribution in [1.29, 1.82) is 0 Å². The van der Waals surface area contributed by atoms with Crippen LogP contribution in [-0.4, -0.2) is 48.5 Å². The second-order valence-electron chi connectivity index (χ2n) is 7.19. The summed E-state index contributed by atoms with van der Waals surface area (Å²) in [5.74, 6) is 0.747. The van der Waals surface area contributed by atoms with Gasteiger partial charge in [-0.25, -0.2) is 8.42 Å². The summed E-state index contributed by atoms with van der Waals surface area (Å²) in [6, 6.07) is 8.24. The van der Waals surface area contributed by atoms with E-state index in [9.17, 15) is 13.2 Å². The fourth-order valence-corrected chi connectivity index (χ4v) is 4.41. The van der Waals surface area contributed by atoms with Gasteiger partial charge in [0, 0.05) is 12.1 Å². The number of sulfonamides is 1. The van der Waals surface area contributed by atoms with Crippen LogP contribution in [0, 0.1) is 6.92 Å². The summed E-state index contributed by atoms with van der Waals surface area (Å²) in [7, 11) is 0.574. The van der Waals surface area contributed by atoms with E-state index in [2.05, 4.69) is 5.32 Å². The van der Waals surface area contributed by atoms with Crippen molar-refractivity contribution in [1.82, 2.24) is 5.32 Å². The molecule has 0 saturated heterocycles. The van der Waals surface area contributed by atoms with E-state index in [1.807, 2.05) is 32.0 Å². The molecule has 0 radical (unpaired) electrons. The highest BCUT2D eigenvalue weighted by molar-refractivity contribution is 7.92. The quantitative estimate of drug-likeness (QED) is 0.552. The van der Waals surface area contributed by atoms with Crippen LogP contribution in [0.25, 0.3) is 0 Å². The van der Waals surface area contributed by atoms with Crippen molar-refractivity contribution in [3.8, 4) is 17.2 Å². The van der Waals surface area contributed by atoms with E-state index < -0.39 is 22.5 Å². The minimum atomic E-state index is -3.83. The van der Waals surface area contributed by atoms with Crippen molar-refractivity contribution in [3.63, 3.8) is 0 Å². The topological polar surface area (TPSA) is 94.2 Å². The van der Waals surface area contributed by atoms with E-state index in [4.69, 9.17) is 25.8 Å². The van der Waals surface area contributed by atoms with Gasteiger partial charge in [0.1, 0.15) is 23.8 Å². The number of methoxy groups -OCH3 is 3. The zero-order valence-electron chi connectivity index (χ0n) is 19.1. The second-order valence-corrected chi connectivity index (χ2v) is 9.50. The van der Waals surface area contributed by atoms with Crippen molar-refractivity contribution in [2.24, 2.45) is 0 Å². The summed E-state index contributed by atoms with van der Waals surface area (Å²) in [6.07, 6.45) is 1.64. The first-order valence-corrected chi connectivity index (χ1v) is 12.1. The van der Waals surface area contributed by atoms with E-state index in [-0.39, 0.29) is 28.3 Å². The van der Waals surface area contributed by atoms with Gasteiger partial charge in [-0.3, -0.25) is 9.10 Å². The fraction of sp³-hybridized carbons (Fsp3) is 0.409. The van der Waals surface area contributed by atoms with E-state index in [1.165, 1.54) is 26.4 Å². The van der Waals surface area contributed by atoms with Gasteiger partial charge in [-0.1, -0.05) is 30.7 Å². The van der Waals surface area contributed by atoms with Crippen LogP contribution in [0.15, 0.2) is 30.3 Å². The zero-order chi connectivity index (χ0) is 24.1. The van der Waals surface area contributed by atoms with Crippen molar-refractivity contribution in [3.05, 3.63) is 46.5 Å². The number of carbonyl (C=O) groups excluding carboxylic acids is 1. The Morgan fingerprint density at radius 2 is 1.69 bits per heavy atom. The van der Waals surface area contributed by atoms with Gasteiger partial charge < -0.3 is 19.5 Å². The first-order valence-electron chi connectivity index (χ1n) is 9.88. The van der Waals surface area contributed by atoms with Gasteiger partial charge in [0.25, 0.3) is 0 Å². The zero-order valence-corrected chi connectivity index (χ0v) is 20.6. The van der Waals surface area contributed by atoms with E-state index >= 15 is 0 Å². The van der Waals surface area contributed by atoms with Gasteiger partial charge in [-0.15, -0.1) is 0 Å². The third-order valence-corrected chi connectivity index (χ3v) is 6.40. The van der Waals surface area contributed by atoms with Crippen LogP contribution >= 0.6 is 11.6 Å². The molecule has 176 valence electrons. The van der Waals surface area contributed by atoms with Crippen LogP contribution < -0.4 is 23.8 Å². The normalized spacial score (nSPS) is 12.1. The molecule has 2 aromatic rings. The Hall–Kier alpha value is -2.65. The average Bonchev–Trinajstić information content (AvgIpc) is 2.74. The lowest BCUT2D eigenvalue weighted by atomic mass is 10.0. The number of carbonyl (C=O) groups is 1. The molecule has 32 heavy (non-hydrogen) atoms. The van der Waals surface area contributed by atoms with Crippen LogP contribution in [0.5, 0.6) is 17.2 Å². The molecule has 0 aliphatic heterocycles. The summed E-state index contributed by atoms with van der Waals surface area (Å²) in [5, 5.41) is 3.17. The lowest BCUT2D eigenvalue weighted by molar-refractivity contribution is -0.120. The number of aryl methyl sites for hydroxylation is 1. The smallest absolute Gasteiger partial charge is 0.241 e. The standard InChI is InChI=1S/C22H29ClN2O6S/c1-7-17(15-8-9-19(29-3)14(2)10-15)24-22(26)13-25(32(6,27)28)18-12-20(30-4)16(23)11-21(18)31-5/h8-12,17H,7,13H2,1-6H3,(H,24,26)/t17-/m0/s1. The molecule has 2 aromatic carbocycles. The number of halogens is 1. The van der Waals surface area contributed by atoms with Crippen molar-refractivity contribution >= 4 is 33.2 Å². The maximum Gasteiger partial charge on any atom is 0.241 e. The predicted molar refractivity (Wildman–Crippen MR) is 126 cm³/mol. The summed E-state index contributed by atoms with van der Waals surface area (Å²) in [4.78, 5) is 12.9. The molecule has 0 unspecified atom stereocenters. The molecule has 0 heterocycles. The number of nitrogens with zero attached hydrogens (tertiary/aromatic N) is 1. The van der Waals surface area contributed by atoms with E-state index in [1.54, 1.807) is 7.11 Å². The summed E-state index contributed by atoms with van der Waals surface area (Å²) in [5.41, 5.74) is 1.99. The first kappa shape index (κ1) is 25.6. The Morgan fingerprint density at radius 3 is 2.19 bits per heavy atom. The molecule has 0 spiro atoms.